The summed E-state index contributed by atoms with van der Waals surface area (Å²) in [6.07, 6.45) is 8.20. The van der Waals surface area contributed by atoms with Crippen LogP contribution in [0.3, 0.4) is 0 Å². The van der Waals surface area contributed by atoms with Gasteiger partial charge in [0.15, 0.2) is 0 Å². The van der Waals surface area contributed by atoms with Gasteiger partial charge in [-0.2, -0.15) is 5.26 Å². The highest BCUT2D eigenvalue weighted by Crippen LogP contribution is 2.39. The molecule has 174 valence electrons. The summed E-state index contributed by atoms with van der Waals surface area (Å²) in [5.41, 5.74) is 3.14. The predicted molar refractivity (Wildman–Crippen MR) is 131 cm³/mol. The lowest BCUT2D eigenvalue weighted by Gasteiger charge is -2.21. The molecule has 3 aromatic rings. The molecule has 0 aliphatic heterocycles. The first-order valence-electron chi connectivity index (χ1n) is 10.8. The summed E-state index contributed by atoms with van der Waals surface area (Å²) in [7, 11) is 0. The lowest BCUT2D eigenvalue weighted by Crippen LogP contribution is -2.27. The number of amides is 2. The Bertz CT molecular complexity index is 1240. The SMILES string of the molecule is Cc1nc(CNC(=O)OCC2CCc3c(sc(NC(=O)C=Cc4cccnc4)c3C#N)C2)cs1. The van der Waals surface area contributed by atoms with Crippen molar-refractivity contribution in [3.05, 3.63) is 68.3 Å². The highest BCUT2D eigenvalue weighted by atomic mass is 32.1. The van der Waals surface area contributed by atoms with Crippen LogP contribution in [-0.2, 0) is 28.9 Å². The summed E-state index contributed by atoms with van der Waals surface area (Å²) < 4.78 is 5.41. The van der Waals surface area contributed by atoms with E-state index in [1.54, 1.807) is 24.5 Å². The van der Waals surface area contributed by atoms with Crippen molar-refractivity contribution in [2.45, 2.75) is 32.7 Å². The minimum absolute atomic E-state index is 0.166. The summed E-state index contributed by atoms with van der Waals surface area (Å²) >= 11 is 2.96. The number of aromatic nitrogens is 2. The first-order chi connectivity index (χ1) is 16.5. The van der Waals surface area contributed by atoms with Crippen molar-refractivity contribution in [1.82, 2.24) is 15.3 Å². The van der Waals surface area contributed by atoms with E-state index in [2.05, 4.69) is 26.7 Å². The zero-order chi connectivity index (χ0) is 23.9. The van der Waals surface area contributed by atoms with E-state index in [4.69, 9.17) is 4.74 Å². The maximum atomic E-state index is 12.4. The van der Waals surface area contributed by atoms with Gasteiger partial charge in [0.05, 0.1) is 29.4 Å². The summed E-state index contributed by atoms with van der Waals surface area (Å²) in [6.45, 7) is 2.56. The summed E-state index contributed by atoms with van der Waals surface area (Å²) in [5, 5.41) is 18.7. The fraction of sp³-hybridized carbons (Fsp3) is 0.292. The van der Waals surface area contributed by atoms with Crippen molar-refractivity contribution in [3.63, 3.8) is 0 Å². The van der Waals surface area contributed by atoms with Gasteiger partial charge in [-0.1, -0.05) is 6.07 Å². The van der Waals surface area contributed by atoms with E-state index in [1.807, 2.05) is 18.4 Å². The van der Waals surface area contributed by atoms with Gasteiger partial charge < -0.3 is 15.4 Å². The number of hydrogen-bond donors (Lipinski definition) is 2. The van der Waals surface area contributed by atoms with Gasteiger partial charge in [-0.25, -0.2) is 9.78 Å². The van der Waals surface area contributed by atoms with E-state index >= 15 is 0 Å². The average molecular weight is 494 g/mol. The zero-order valence-corrected chi connectivity index (χ0v) is 20.2. The van der Waals surface area contributed by atoms with Gasteiger partial charge in [-0.15, -0.1) is 22.7 Å². The summed E-state index contributed by atoms with van der Waals surface area (Å²) in [4.78, 5) is 33.8. The van der Waals surface area contributed by atoms with Crippen molar-refractivity contribution in [3.8, 4) is 6.07 Å². The molecule has 0 saturated carbocycles. The van der Waals surface area contributed by atoms with Crippen LogP contribution < -0.4 is 10.6 Å². The van der Waals surface area contributed by atoms with Crippen LogP contribution in [0.15, 0.2) is 36.0 Å². The molecule has 10 heteroatoms. The average Bonchev–Trinajstić information content (AvgIpc) is 3.42. The first-order valence-corrected chi connectivity index (χ1v) is 12.5. The van der Waals surface area contributed by atoms with Crippen molar-refractivity contribution in [1.29, 1.82) is 5.26 Å². The number of pyridine rings is 1. The molecule has 0 fully saturated rings. The van der Waals surface area contributed by atoms with Crippen molar-refractivity contribution in [2.75, 3.05) is 11.9 Å². The number of aryl methyl sites for hydroxylation is 1. The van der Waals surface area contributed by atoms with Gasteiger partial charge in [0, 0.05) is 28.7 Å². The smallest absolute Gasteiger partial charge is 0.407 e. The Hall–Kier alpha value is -3.55. The number of rotatable bonds is 7. The molecular weight excluding hydrogens is 470 g/mol. The Morgan fingerprint density at radius 2 is 2.29 bits per heavy atom. The van der Waals surface area contributed by atoms with Crippen LogP contribution in [0.4, 0.5) is 9.80 Å². The second-order valence-electron chi connectivity index (χ2n) is 7.85. The number of nitriles is 1. The molecule has 1 aliphatic carbocycles. The van der Waals surface area contributed by atoms with Gasteiger partial charge in [-0.3, -0.25) is 9.78 Å². The molecule has 8 nitrogen and oxygen atoms in total. The lowest BCUT2D eigenvalue weighted by atomic mass is 9.88. The third kappa shape index (κ3) is 6.07. The molecule has 1 unspecified atom stereocenters. The normalized spacial score (nSPS) is 14.9. The van der Waals surface area contributed by atoms with E-state index < -0.39 is 6.09 Å². The van der Waals surface area contributed by atoms with Crippen LogP contribution in [0.2, 0.25) is 0 Å². The third-order valence-electron chi connectivity index (χ3n) is 5.36. The molecule has 0 aromatic carbocycles. The highest BCUT2D eigenvalue weighted by Gasteiger charge is 2.27. The number of anilines is 1. The number of hydrogen-bond acceptors (Lipinski definition) is 8. The van der Waals surface area contributed by atoms with Crippen LogP contribution >= 0.6 is 22.7 Å². The van der Waals surface area contributed by atoms with Gasteiger partial charge in [0.2, 0.25) is 5.91 Å². The molecule has 0 radical (unpaired) electrons. The van der Waals surface area contributed by atoms with E-state index in [1.165, 1.54) is 28.7 Å². The number of thiazole rings is 1. The molecule has 34 heavy (non-hydrogen) atoms. The first kappa shape index (κ1) is 23.6. The van der Waals surface area contributed by atoms with Crippen LogP contribution in [0, 0.1) is 24.2 Å². The zero-order valence-electron chi connectivity index (χ0n) is 18.5. The Kier molecular flexibility index (Phi) is 7.67. The minimum Gasteiger partial charge on any atom is -0.449 e. The molecule has 4 rings (SSSR count). The van der Waals surface area contributed by atoms with E-state index in [-0.39, 0.29) is 11.8 Å². The number of thiophene rings is 1. The largest absolute Gasteiger partial charge is 0.449 e. The fourth-order valence-corrected chi connectivity index (χ4v) is 5.63. The van der Waals surface area contributed by atoms with Gasteiger partial charge >= 0.3 is 6.09 Å². The number of ether oxygens (including phenoxy) is 1. The number of nitrogens with one attached hydrogen (secondary N) is 2. The highest BCUT2D eigenvalue weighted by molar-refractivity contribution is 7.16. The van der Waals surface area contributed by atoms with Crippen molar-refractivity contribution >= 4 is 45.8 Å². The molecule has 2 N–H and O–H groups in total. The second-order valence-corrected chi connectivity index (χ2v) is 10.0. The van der Waals surface area contributed by atoms with E-state index in [9.17, 15) is 14.9 Å². The molecule has 2 amide bonds. The Morgan fingerprint density at radius 3 is 3.03 bits per heavy atom. The summed E-state index contributed by atoms with van der Waals surface area (Å²) in [5.74, 6) is -0.134. The topological polar surface area (TPSA) is 117 Å². The van der Waals surface area contributed by atoms with E-state index in [0.717, 1.165) is 33.1 Å². The molecule has 0 spiro atoms. The van der Waals surface area contributed by atoms with Crippen molar-refractivity contribution < 1.29 is 14.3 Å². The maximum Gasteiger partial charge on any atom is 0.407 e. The monoisotopic (exact) mass is 493 g/mol. The number of fused-ring (bicyclic) bond motifs is 1. The standard InChI is InChI=1S/C24H23N5O3S2/c1-15-28-18(14-33-15)12-27-24(31)32-13-17-4-6-19-20(10-25)23(34-21(19)9-17)29-22(30)7-5-16-3-2-8-26-11-16/h2-3,5,7-8,11,14,17H,4,6,9,12-13H2,1H3,(H,27,31)(H,29,30). The molecule has 1 atom stereocenters. The Morgan fingerprint density at radius 1 is 1.41 bits per heavy atom. The van der Waals surface area contributed by atoms with Gasteiger partial charge in [0.25, 0.3) is 0 Å². The molecule has 3 aromatic heterocycles. The number of carbonyl (C=O) groups is 2. The van der Waals surface area contributed by atoms with Crippen LogP contribution in [0.25, 0.3) is 6.08 Å². The van der Waals surface area contributed by atoms with E-state index in [0.29, 0.717) is 36.6 Å². The number of nitrogens with zero attached hydrogens (tertiary/aromatic N) is 3. The molecule has 1 aliphatic rings. The van der Waals surface area contributed by atoms with Gasteiger partial charge in [-0.05, 0) is 55.4 Å². The van der Waals surface area contributed by atoms with Crippen molar-refractivity contribution in [2.24, 2.45) is 5.92 Å². The van der Waals surface area contributed by atoms with Crippen LogP contribution in [-0.4, -0.2) is 28.6 Å². The van der Waals surface area contributed by atoms with Crippen LogP contribution in [0.1, 0.15) is 38.7 Å². The molecule has 3 heterocycles. The second kappa shape index (κ2) is 11.0. The Labute approximate surface area is 205 Å². The molecular formula is C24H23N5O3S2. The number of carbonyl (C=O) groups excluding carboxylic acids is 2. The Balaban J connectivity index is 1.31. The van der Waals surface area contributed by atoms with Crippen LogP contribution in [0.5, 0.6) is 0 Å². The lowest BCUT2D eigenvalue weighted by molar-refractivity contribution is -0.111. The predicted octanol–water partition coefficient (Wildman–Crippen LogP) is 4.46. The molecule has 0 saturated heterocycles. The third-order valence-corrected chi connectivity index (χ3v) is 7.35. The maximum absolute atomic E-state index is 12.4. The minimum atomic E-state index is -0.464. The summed E-state index contributed by atoms with van der Waals surface area (Å²) in [6, 6.07) is 5.89. The quantitative estimate of drug-likeness (QED) is 0.469. The fourth-order valence-electron chi connectivity index (χ4n) is 3.70. The number of alkyl carbamates (subject to hydrolysis) is 1. The van der Waals surface area contributed by atoms with Gasteiger partial charge in [0.1, 0.15) is 11.1 Å². The molecule has 0 bridgehead atoms.